The number of benzene rings is 4. The van der Waals surface area contributed by atoms with Crippen LogP contribution >= 0.6 is 11.6 Å². The standard InChI is InChI=1S/C32H32F2N8O.C31H32ClF2N7O/c1-31(2,3)17-36-28-25-14-19(12-20(15-35)27(25)37-18-38-28)13-24(26-16-42(40-39-26)32(9-10-32)30(33)34)21-6-5-7-23-22(21)8-11-41(4)29(23)43;1-30(2,3)16-35-27-23-13-18(14-24(32)26(23)36-17-37-27)12-22(25-15-41(39-38-25)31(9-10-31)29(33)34)19-6-5-7-21-20(19)8-11-40(4)28(21)42/h5-8,11-12,14,16,18,24,30H,9-10,13,17H2,1-4H3,(H,36,37,38);5-8,11,13-15,17,22,29H,9-10,12,16H2,1-4H3,(H,35,36,37)/t24-;22-/m00/s1. The van der Waals surface area contributed by atoms with Crippen LogP contribution in [0, 0.1) is 22.2 Å². The van der Waals surface area contributed by atoms with Gasteiger partial charge in [0.25, 0.3) is 24.0 Å². The third-order valence-corrected chi connectivity index (χ3v) is 16.5. The number of rotatable bonds is 16. The van der Waals surface area contributed by atoms with Crippen molar-refractivity contribution in [3.63, 3.8) is 0 Å². The molecule has 10 aromatic rings. The van der Waals surface area contributed by atoms with E-state index in [0.29, 0.717) is 112 Å². The Morgan fingerprint density at radius 3 is 1.46 bits per heavy atom. The summed E-state index contributed by atoms with van der Waals surface area (Å²) >= 11 is 6.76. The van der Waals surface area contributed by atoms with E-state index in [1.165, 1.54) is 31.2 Å². The molecule has 22 heteroatoms. The first-order valence-electron chi connectivity index (χ1n) is 28.1. The fraction of sp³-hybridized carbons (Fsp3) is 0.381. The van der Waals surface area contributed by atoms with Crippen LogP contribution < -0.4 is 21.8 Å². The van der Waals surface area contributed by atoms with Gasteiger partial charge in [0, 0.05) is 85.4 Å². The summed E-state index contributed by atoms with van der Waals surface area (Å²) in [5, 5.41) is 38.6. The molecule has 0 unspecified atom stereocenters. The Morgan fingerprint density at radius 1 is 0.600 bits per heavy atom. The molecular formula is C63H64ClF4N15O2. The molecular weight excluding hydrogens is 1110 g/mol. The van der Waals surface area contributed by atoms with Crippen molar-refractivity contribution in [1.82, 2.24) is 59.1 Å². The fourth-order valence-corrected chi connectivity index (χ4v) is 11.3. The number of anilines is 2. The van der Waals surface area contributed by atoms with Gasteiger partial charge >= 0.3 is 0 Å². The van der Waals surface area contributed by atoms with Crippen LogP contribution in [-0.4, -0.2) is 85.0 Å². The number of nitriles is 1. The smallest absolute Gasteiger partial charge is 0.263 e. The van der Waals surface area contributed by atoms with Crippen LogP contribution in [0.3, 0.4) is 0 Å². The second-order valence-electron chi connectivity index (χ2n) is 25.0. The second kappa shape index (κ2) is 22.4. The summed E-state index contributed by atoms with van der Waals surface area (Å²) in [6.07, 6.45) is 6.71. The normalized spacial score (nSPS) is 15.3. The maximum atomic E-state index is 14.0. The molecule has 2 N–H and O–H groups in total. The largest absolute Gasteiger partial charge is 0.369 e. The van der Waals surface area contributed by atoms with E-state index < -0.39 is 35.8 Å². The van der Waals surface area contributed by atoms with Gasteiger partial charge in [0.05, 0.1) is 33.0 Å². The minimum atomic E-state index is -2.56. The molecule has 2 fully saturated rings. The summed E-state index contributed by atoms with van der Waals surface area (Å²) in [6.45, 7) is 14.1. The van der Waals surface area contributed by atoms with Gasteiger partial charge in [-0.3, -0.25) is 9.59 Å². The first kappa shape index (κ1) is 58.1. The highest BCUT2D eigenvalue weighted by atomic mass is 35.5. The van der Waals surface area contributed by atoms with Crippen LogP contribution in [0.2, 0.25) is 5.02 Å². The summed E-state index contributed by atoms with van der Waals surface area (Å²) in [7, 11) is 3.41. The number of nitrogens with one attached hydrogen (secondary N) is 2. The van der Waals surface area contributed by atoms with Gasteiger partial charge in [0.15, 0.2) is 0 Å². The molecule has 2 atom stereocenters. The number of halogens is 5. The average Bonchev–Trinajstić information content (AvgIpc) is 2.85. The van der Waals surface area contributed by atoms with E-state index in [9.17, 15) is 32.4 Å². The Kier molecular flexibility index (Phi) is 15.3. The molecule has 2 aliphatic carbocycles. The van der Waals surface area contributed by atoms with E-state index in [-0.39, 0.29) is 21.9 Å². The molecule has 85 heavy (non-hydrogen) atoms. The van der Waals surface area contributed by atoms with Crippen molar-refractivity contribution in [2.75, 3.05) is 23.7 Å². The van der Waals surface area contributed by atoms with Crippen LogP contribution in [-0.2, 0) is 38.0 Å². The molecule has 0 saturated heterocycles. The molecule has 4 aromatic carbocycles. The molecule has 0 bridgehead atoms. The molecule has 2 saturated carbocycles. The lowest BCUT2D eigenvalue weighted by Crippen LogP contribution is -2.26. The van der Waals surface area contributed by atoms with Crippen LogP contribution in [0.4, 0.5) is 29.2 Å². The highest BCUT2D eigenvalue weighted by molar-refractivity contribution is 6.35. The number of pyridine rings is 2. The number of aryl methyl sites for hydroxylation is 2. The Hall–Kier alpha value is -8.64. The molecule has 12 rings (SSSR count). The molecule has 0 amide bonds. The predicted octanol–water partition coefficient (Wildman–Crippen LogP) is 11.8. The summed E-state index contributed by atoms with van der Waals surface area (Å²) in [5.41, 5.74) is 3.13. The van der Waals surface area contributed by atoms with Gasteiger partial charge in [0.1, 0.15) is 41.4 Å². The SMILES string of the molecule is Cn1ccc2c([C@H](Cc3cc(C#N)c4ncnc(NCC(C)(C)C)c4c3)c3cn(C4(C(F)F)CC4)nn3)cccc2c1=O.Cn1ccc2c([C@H](Cc3cc(Cl)c4ncnc(NCC(C)(C)C)c4c3)c3cn(C4(C(F)F)CC4)nn3)cccc2c1=O. The molecule has 6 aromatic heterocycles. The highest BCUT2D eigenvalue weighted by Gasteiger charge is 2.55. The van der Waals surface area contributed by atoms with Crippen molar-refractivity contribution in [2.24, 2.45) is 24.9 Å². The van der Waals surface area contributed by atoms with Crippen molar-refractivity contribution in [1.29, 1.82) is 5.26 Å². The lowest BCUT2D eigenvalue weighted by molar-refractivity contribution is 0.0590. The van der Waals surface area contributed by atoms with Gasteiger partial charge < -0.3 is 19.8 Å². The molecule has 0 radical (unpaired) electrons. The average molecular weight is 1170 g/mol. The zero-order valence-corrected chi connectivity index (χ0v) is 49.1. The first-order valence-corrected chi connectivity index (χ1v) is 28.5. The van der Waals surface area contributed by atoms with Crippen LogP contribution in [0.25, 0.3) is 43.4 Å². The lowest BCUT2D eigenvalue weighted by Gasteiger charge is -2.21. The number of aromatic nitrogens is 12. The molecule has 17 nitrogen and oxygen atoms in total. The number of hydrogen-bond acceptors (Lipinski definition) is 13. The molecule has 6 heterocycles. The summed E-state index contributed by atoms with van der Waals surface area (Å²) in [5.74, 6) is 0.467. The van der Waals surface area contributed by atoms with E-state index in [4.69, 9.17) is 11.6 Å². The highest BCUT2D eigenvalue weighted by Crippen LogP contribution is 2.50. The van der Waals surface area contributed by atoms with Crippen molar-refractivity contribution in [3.05, 3.63) is 175 Å². The van der Waals surface area contributed by atoms with Gasteiger partial charge in [0.2, 0.25) is 0 Å². The van der Waals surface area contributed by atoms with Crippen LogP contribution in [0.1, 0.15) is 118 Å². The maximum absolute atomic E-state index is 14.0. The van der Waals surface area contributed by atoms with Gasteiger partial charge in [-0.2, -0.15) is 5.26 Å². The summed E-state index contributed by atoms with van der Waals surface area (Å²) < 4.78 is 61.5. The quantitative estimate of drug-likeness (QED) is 0.0865. The van der Waals surface area contributed by atoms with Crippen molar-refractivity contribution >= 4 is 66.6 Å². The number of nitrogens with zero attached hydrogens (tertiary/aromatic N) is 13. The number of hydrogen-bond donors (Lipinski definition) is 2. The second-order valence-corrected chi connectivity index (χ2v) is 25.4. The molecule has 0 aliphatic heterocycles. The van der Waals surface area contributed by atoms with Gasteiger partial charge in [-0.15, -0.1) is 10.2 Å². The van der Waals surface area contributed by atoms with E-state index in [0.717, 1.165) is 38.4 Å². The zero-order valence-electron chi connectivity index (χ0n) is 48.4. The Morgan fingerprint density at radius 2 is 1.04 bits per heavy atom. The third kappa shape index (κ3) is 11.6. The van der Waals surface area contributed by atoms with Gasteiger partial charge in [-0.05, 0) is 131 Å². The minimum Gasteiger partial charge on any atom is -0.369 e. The summed E-state index contributed by atoms with van der Waals surface area (Å²) in [6, 6.07) is 24.8. The molecule has 0 spiro atoms. The van der Waals surface area contributed by atoms with E-state index in [1.807, 2.05) is 54.6 Å². The van der Waals surface area contributed by atoms with Crippen molar-refractivity contribution in [3.8, 4) is 6.07 Å². The van der Waals surface area contributed by atoms with Gasteiger partial charge in [-0.1, -0.05) is 87.8 Å². The zero-order chi connectivity index (χ0) is 60.3. The summed E-state index contributed by atoms with van der Waals surface area (Å²) in [4.78, 5) is 43.8. The van der Waals surface area contributed by atoms with Crippen LogP contribution in [0.5, 0.6) is 0 Å². The van der Waals surface area contributed by atoms with Gasteiger partial charge in [-0.25, -0.2) is 46.9 Å². The Labute approximate surface area is 492 Å². The third-order valence-electron chi connectivity index (χ3n) is 16.2. The molecule has 438 valence electrons. The maximum Gasteiger partial charge on any atom is 0.263 e. The number of fused-ring (bicyclic) bond motifs is 4. The minimum absolute atomic E-state index is 0.00751. The van der Waals surface area contributed by atoms with Crippen molar-refractivity contribution in [2.45, 2.75) is 116 Å². The number of alkyl halides is 4. The monoisotopic (exact) mass is 1170 g/mol. The van der Waals surface area contributed by atoms with Crippen LogP contribution in [0.15, 0.2) is 120 Å². The van der Waals surface area contributed by atoms with E-state index >= 15 is 0 Å². The lowest BCUT2D eigenvalue weighted by atomic mass is 9.86. The Balaban J connectivity index is 0.000000177. The van der Waals surface area contributed by atoms with Crippen molar-refractivity contribution < 1.29 is 17.6 Å². The van der Waals surface area contributed by atoms with E-state index in [2.05, 4.69) is 98.8 Å². The topological polar surface area (TPSA) is 205 Å². The Bertz CT molecular complexity index is 4360. The molecule has 2 aliphatic rings. The first-order chi connectivity index (χ1) is 40.5. The van der Waals surface area contributed by atoms with E-state index in [1.54, 1.807) is 57.1 Å². The fourth-order valence-electron chi connectivity index (χ4n) is 11.0. The predicted molar refractivity (Wildman–Crippen MR) is 321 cm³/mol.